The van der Waals surface area contributed by atoms with Gasteiger partial charge >= 0.3 is 0 Å². The summed E-state index contributed by atoms with van der Waals surface area (Å²) in [5.41, 5.74) is 7.38. The minimum absolute atomic E-state index is 0.552. The zero-order chi connectivity index (χ0) is 22.2. The lowest BCUT2D eigenvalue weighted by atomic mass is 9.98. The molecule has 0 spiro atoms. The molecule has 2 N–H and O–H groups in total. The Hall–Kier alpha value is -3.32. The molecular formula is C25H29N5O2. The lowest BCUT2D eigenvalue weighted by molar-refractivity contribution is 0.330. The second-order valence-corrected chi connectivity index (χ2v) is 8.23. The fraction of sp³-hybridized carbons (Fsp3) is 0.360. The first kappa shape index (κ1) is 20.6. The maximum absolute atomic E-state index is 5.91. The summed E-state index contributed by atoms with van der Waals surface area (Å²) in [5.74, 6) is 2.24. The summed E-state index contributed by atoms with van der Waals surface area (Å²) in [6.07, 6.45) is 0. The second-order valence-electron chi connectivity index (χ2n) is 8.23. The molecule has 7 heteroatoms. The van der Waals surface area contributed by atoms with Crippen molar-refractivity contribution >= 4 is 27.9 Å². The van der Waals surface area contributed by atoms with Gasteiger partial charge in [-0.3, -0.25) is 0 Å². The molecule has 0 saturated carbocycles. The molecule has 0 unspecified atom stereocenters. The summed E-state index contributed by atoms with van der Waals surface area (Å²) in [6.45, 7) is 10.4. The molecule has 32 heavy (non-hydrogen) atoms. The number of anilines is 1. The van der Waals surface area contributed by atoms with Crippen molar-refractivity contribution in [2.75, 3.05) is 44.8 Å². The Morgan fingerprint density at radius 1 is 1.03 bits per heavy atom. The van der Waals surface area contributed by atoms with Gasteiger partial charge in [0.15, 0.2) is 0 Å². The molecule has 2 aromatic carbocycles. The molecule has 4 aromatic rings. The number of nitrogens with one attached hydrogen (secondary N) is 2. The number of aromatic nitrogens is 3. The molecule has 0 amide bonds. The van der Waals surface area contributed by atoms with Gasteiger partial charge in [0, 0.05) is 37.1 Å². The normalized spacial score (nSPS) is 14.3. The standard InChI is InChI=1S/C25H29N5O2/c1-5-32-24-23-22(28-25(29-24)30-10-8-26-9-11-30)19-13-17(6-7-20(19)27-23)18-12-15(2)16(3)21(14-18)31-4/h6-7,12-14,26-27H,5,8-11H2,1-4H3. The number of aromatic amines is 1. The number of hydrogen-bond acceptors (Lipinski definition) is 6. The van der Waals surface area contributed by atoms with E-state index in [1.54, 1.807) is 7.11 Å². The smallest absolute Gasteiger partial charge is 0.243 e. The lowest BCUT2D eigenvalue weighted by Crippen LogP contribution is -2.44. The van der Waals surface area contributed by atoms with Crippen LogP contribution in [0.15, 0.2) is 30.3 Å². The summed E-state index contributed by atoms with van der Waals surface area (Å²) >= 11 is 0. The summed E-state index contributed by atoms with van der Waals surface area (Å²) in [4.78, 5) is 15.4. The van der Waals surface area contributed by atoms with E-state index < -0.39 is 0 Å². The average Bonchev–Trinajstić information content (AvgIpc) is 3.19. The van der Waals surface area contributed by atoms with E-state index in [1.165, 1.54) is 11.1 Å². The van der Waals surface area contributed by atoms with Crippen LogP contribution < -0.4 is 19.7 Å². The van der Waals surface area contributed by atoms with Crippen LogP contribution in [0, 0.1) is 13.8 Å². The van der Waals surface area contributed by atoms with Gasteiger partial charge in [0.05, 0.1) is 13.7 Å². The Labute approximate surface area is 187 Å². The van der Waals surface area contributed by atoms with E-state index >= 15 is 0 Å². The highest BCUT2D eigenvalue weighted by Gasteiger charge is 2.20. The van der Waals surface area contributed by atoms with Gasteiger partial charge in [0.1, 0.15) is 16.8 Å². The fourth-order valence-corrected chi connectivity index (χ4v) is 4.35. The Balaban J connectivity index is 1.69. The Kier molecular flexibility index (Phi) is 5.35. The van der Waals surface area contributed by atoms with Gasteiger partial charge in [-0.15, -0.1) is 0 Å². The number of methoxy groups -OCH3 is 1. The van der Waals surface area contributed by atoms with Crippen molar-refractivity contribution in [1.29, 1.82) is 0 Å². The molecule has 1 fully saturated rings. The van der Waals surface area contributed by atoms with Crippen molar-refractivity contribution in [3.63, 3.8) is 0 Å². The van der Waals surface area contributed by atoms with E-state index in [1.807, 2.05) is 6.92 Å². The third-order valence-corrected chi connectivity index (χ3v) is 6.25. The molecular weight excluding hydrogens is 402 g/mol. The number of aryl methyl sites for hydroxylation is 1. The van der Waals surface area contributed by atoms with Crippen molar-refractivity contribution in [2.24, 2.45) is 0 Å². The predicted molar refractivity (Wildman–Crippen MR) is 129 cm³/mol. The van der Waals surface area contributed by atoms with E-state index in [2.05, 4.69) is 59.4 Å². The molecule has 0 bridgehead atoms. The molecule has 7 nitrogen and oxygen atoms in total. The Morgan fingerprint density at radius 3 is 2.59 bits per heavy atom. The Bertz CT molecular complexity index is 1290. The van der Waals surface area contributed by atoms with E-state index in [4.69, 9.17) is 19.4 Å². The van der Waals surface area contributed by atoms with E-state index in [9.17, 15) is 0 Å². The maximum Gasteiger partial charge on any atom is 0.243 e. The van der Waals surface area contributed by atoms with Crippen molar-refractivity contribution in [3.05, 3.63) is 41.5 Å². The van der Waals surface area contributed by atoms with Crippen LogP contribution in [0.5, 0.6) is 11.6 Å². The van der Waals surface area contributed by atoms with Gasteiger partial charge in [0.25, 0.3) is 0 Å². The molecule has 1 saturated heterocycles. The zero-order valence-electron chi connectivity index (χ0n) is 19.1. The van der Waals surface area contributed by atoms with Crippen molar-refractivity contribution in [3.8, 4) is 22.8 Å². The van der Waals surface area contributed by atoms with Gasteiger partial charge in [-0.25, -0.2) is 4.98 Å². The topological polar surface area (TPSA) is 75.3 Å². The van der Waals surface area contributed by atoms with E-state index in [0.717, 1.165) is 70.9 Å². The molecule has 0 radical (unpaired) electrons. The summed E-state index contributed by atoms with van der Waals surface area (Å²) < 4.78 is 11.5. The fourth-order valence-electron chi connectivity index (χ4n) is 4.35. The monoisotopic (exact) mass is 431 g/mol. The van der Waals surface area contributed by atoms with Crippen molar-refractivity contribution < 1.29 is 9.47 Å². The third-order valence-electron chi connectivity index (χ3n) is 6.25. The first-order chi connectivity index (χ1) is 15.6. The highest BCUT2D eigenvalue weighted by Crippen LogP contribution is 2.35. The molecule has 1 aliphatic rings. The number of nitrogens with zero attached hydrogens (tertiary/aromatic N) is 3. The maximum atomic E-state index is 5.91. The van der Waals surface area contributed by atoms with Gasteiger partial charge in [-0.2, -0.15) is 4.98 Å². The van der Waals surface area contributed by atoms with Crippen LogP contribution in [0.1, 0.15) is 18.1 Å². The van der Waals surface area contributed by atoms with Crippen LogP contribution in [0.2, 0.25) is 0 Å². The second kappa shape index (κ2) is 8.31. The van der Waals surface area contributed by atoms with Gasteiger partial charge in [-0.1, -0.05) is 12.1 Å². The average molecular weight is 432 g/mol. The lowest BCUT2D eigenvalue weighted by Gasteiger charge is -2.27. The van der Waals surface area contributed by atoms with E-state index in [-0.39, 0.29) is 0 Å². The molecule has 2 aromatic heterocycles. The molecule has 0 aliphatic carbocycles. The number of rotatable bonds is 5. The number of benzene rings is 2. The van der Waals surface area contributed by atoms with Crippen molar-refractivity contribution in [2.45, 2.75) is 20.8 Å². The zero-order valence-corrected chi connectivity index (χ0v) is 19.1. The first-order valence-corrected chi connectivity index (χ1v) is 11.2. The van der Waals surface area contributed by atoms with Crippen LogP contribution in [-0.4, -0.2) is 54.8 Å². The van der Waals surface area contributed by atoms with Crippen LogP contribution in [0.25, 0.3) is 33.1 Å². The molecule has 166 valence electrons. The van der Waals surface area contributed by atoms with Crippen LogP contribution >= 0.6 is 0 Å². The van der Waals surface area contributed by atoms with Crippen LogP contribution in [0.3, 0.4) is 0 Å². The van der Waals surface area contributed by atoms with E-state index in [0.29, 0.717) is 12.5 Å². The number of fused-ring (bicyclic) bond motifs is 3. The Morgan fingerprint density at radius 2 is 1.84 bits per heavy atom. The van der Waals surface area contributed by atoms with Crippen LogP contribution in [0.4, 0.5) is 5.95 Å². The highest BCUT2D eigenvalue weighted by molar-refractivity contribution is 6.08. The largest absolute Gasteiger partial charge is 0.496 e. The van der Waals surface area contributed by atoms with Gasteiger partial charge < -0.3 is 24.7 Å². The minimum Gasteiger partial charge on any atom is -0.496 e. The number of ether oxygens (including phenoxy) is 2. The highest BCUT2D eigenvalue weighted by atomic mass is 16.5. The first-order valence-electron chi connectivity index (χ1n) is 11.2. The molecule has 5 rings (SSSR count). The van der Waals surface area contributed by atoms with Gasteiger partial charge in [0.2, 0.25) is 11.8 Å². The number of piperazine rings is 1. The van der Waals surface area contributed by atoms with Crippen LogP contribution in [-0.2, 0) is 0 Å². The molecule has 1 aliphatic heterocycles. The third kappa shape index (κ3) is 3.52. The predicted octanol–water partition coefficient (Wildman–Crippen LogP) is 4.21. The molecule has 3 heterocycles. The number of hydrogen-bond donors (Lipinski definition) is 2. The SMILES string of the molecule is CCOc1nc(N2CCNCC2)nc2c1[nH]c1ccc(-c3cc(C)c(C)c(OC)c3)cc12. The van der Waals surface area contributed by atoms with Crippen molar-refractivity contribution in [1.82, 2.24) is 20.3 Å². The minimum atomic E-state index is 0.552. The number of H-pyrrole nitrogens is 1. The summed E-state index contributed by atoms with van der Waals surface area (Å²) in [7, 11) is 1.72. The molecule has 0 atom stereocenters. The summed E-state index contributed by atoms with van der Waals surface area (Å²) in [6, 6.07) is 10.7. The quantitative estimate of drug-likeness (QED) is 0.493. The van der Waals surface area contributed by atoms with Gasteiger partial charge in [-0.05, 0) is 61.2 Å². The summed E-state index contributed by atoms with van der Waals surface area (Å²) in [5, 5.41) is 4.45.